The lowest BCUT2D eigenvalue weighted by molar-refractivity contribution is 0.355. The van der Waals surface area contributed by atoms with Crippen molar-refractivity contribution in [3.05, 3.63) is 28.0 Å². The molecule has 1 saturated heterocycles. The average molecular weight is 331 g/mol. The Morgan fingerprint density at radius 1 is 1.30 bits per heavy atom. The first-order chi connectivity index (χ1) is 11.2. The van der Waals surface area contributed by atoms with Crippen molar-refractivity contribution < 1.29 is 0 Å². The van der Waals surface area contributed by atoms with Gasteiger partial charge in [0.25, 0.3) is 0 Å². The normalized spacial score (nSPS) is 24.7. The molecule has 0 bridgehead atoms. The fourth-order valence-corrected chi connectivity index (χ4v) is 4.97. The molecule has 2 aliphatic rings. The average Bonchev–Trinajstić information content (AvgIpc) is 3.13. The molecule has 0 radical (unpaired) electrons. The van der Waals surface area contributed by atoms with E-state index in [2.05, 4.69) is 28.4 Å². The Hall–Kier alpha value is -1.40. The van der Waals surface area contributed by atoms with Crippen LogP contribution in [0.3, 0.4) is 0 Å². The second kappa shape index (κ2) is 6.24. The van der Waals surface area contributed by atoms with Crippen LogP contribution in [0.4, 0.5) is 5.69 Å². The van der Waals surface area contributed by atoms with Crippen molar-refractivity contribution in [3.63, 3.8) is 0 Å². The highest BCUT2D eigenvalue weighted by atomic mass is 32.1. The number of nitrogens with one attached hydrogen (secondary N) is 1. The highest BCUT2D eigenvalue weighted by molar-refractivity contribution is 7.11. The maximum atomic E-state index is 4.72. The number of thiazole rings is 1. The van der Waals surface area contributed by atoms with E-state index < -0.39 is 0 Å². The van der Waals surface area contributed by atoms with Crippen LogP contribution in [0.2, 0.25) is 0 Å². The fraction of sp³-hybridized carbons (Fsp3) is 0.647. The third-order valence-electron chi connectivity index (χ3n) is 4.97. The van der Waals surface area contributed by atoms with Gasteiger partial charge >= 0.3 is 0 Å². The van der Waals surface area contributed by atoms with Gasteiger partial charge in [-0.2, -0.15) is 5.10 Å². The number of anilines is 1. The summed E-state index contributed by atoms with van der Waals surface area (Å²) in [7, 11) is 1.98. The molecule has 6 heteroatoms. The molecule has 3 heterocycles. The van der Waals surface area contributed by atoms with Crippen LogP contribution in [-0.2, 0) is 13.5 Å². The summed E-state index contributed by atoms with van der Waals surface area (Å²) in [5.74, 6) is 0. The maximum Gasteiger partial charge on any atom is 0.0900 e. The van der Waals surface area contributed by atoms with Crippen molar-refractivity contribution in [2.24, 2.45) is 7.05 Å². The van der Waals surface area contributed by atoms with Gasteiger partial charge in [0.05, 0.1) is 22.6 Å². The van der Waals surface area contributed by atoms with Crippen LogP contribution in [0.1, 0.15) is 47.3 Å². The summed E-state index contributed by atoms with van der Waals surface area (Å²) >= 11 is 1.89. The van der Waals surface area contributed by atoms with E-state index in [1.807, 2.05) is 29.3 Å². The Bertz CT molecular complexity index is 676. The molecule has 0 aromatic carbocycles. The van der Waals surface area contributed by atoms with E-state index in [1.165, 1.54) is 46.9 Å². The number of fused-ring (bicyclic) bond motifs is 1. The summed E-state index contributed by atoms with van der Waals surface area (Å²) in [4.78, 5) is 8.68. The van der Waals surface area contributed by atoms with E-state index in [0.717, 1.165) is 19.5 Å². The molecule has 0 saturated carbocycles. The summed E-state index contributed by atoms with van der Waals surface area (Å²) < 4.78 is 1.89. The van der Waals surface area contributed by atoms with Crippen molar-refractivity contribution in [2.45, 2.75) is 51.1 Å². The molecule has 2 aromatic heterocycles. The summed E-state index contributed by atoms with van der Waals surface area (Å²) in [6.45, 7) is 4.35. The molecule has 0 spiro atoms. The van der Waals surface area contributed by atoms with Gasteiger partial charge in [-0.25, -0.2) is 4.98 Å². The summed E-state index contributed by atoms with van der Waals surface area (Å²) in [5.41, 5.74) is 2.59. The summed E-state index contributed by atoms with van der Waals surface area (Å²) in [6, 6.07) is 1.06. The van der Waals surface area contributed by atoms with Gasteiger partial charge in [-0.1, -0.05) is 0 Å². The maximum absolute atomic E-state index is 4.72. The molecule has 5 nitrogen and oxygen atoms in total. The number of aromatic nitrogens is 3. The summed E-state index contributed by atoms with van der Waals surface area (Å²) in [5, 5.41) is 9.46. The van der Waals surface area contributed by atoms with E-state index in [0.29, 0.717) is 12.1 Å². The third-order valence-corrected chi connectivity index (χ3v) is 6.10. The molecule has 124 valence electrons. The van der Waals surface area contributed by atoms with Crippen LogP contribution < -0.4 is 10.2 Å². The number of nitrogens with zero attached hydrogens (tertiary/aromatic N) is 4. The summed E-state index contributed by atoms with van der Waals surface area (Å²) in [6.07, 6.45) is 10.3. The number of hydrogen-bond acceptors (Lipinski definition) is 5. The molecular formula is C17H25N5S. The first-order valence-corrected chi connectivity index (χ1v) is 9.46. The minimum absolute atomic E-state index is 0.504. The minimum atomic E-state index is 0.504. The zero-order valence-electron chi connectivity index (χ0n) is 14.0. The smallest absolute Gasteiger partial charge is 0.0900 e. The van der Waals surface area contributed by atoms with E-state index in [1.54, 1.807) is 0 Å². The molecule has 0 unspecified atom stereocenters. The Morgan fingerprint density at radius 2 is 2.22 bits per heavy atom. The molecule has 2 aromatic rings. The quantitative estimate of drug-likeness (QED) is 0.939. The molecule has 4 rings (SSSR count). The number of piperidine rings is 1. The largest absolute Gasteiger partial charge is 0.367 e. The Balaban J connectivity index is 1.45. The Labute approximate surface area is 141 Å². The second-order valence-electron chi connectivity index (χ2n) is 6.81. The zero-order chi connectivity index (χ0) is 15.8. The van der Waals surface area contributed by atoms with Gasteiger partial charge in [0, 0.05) is 43.3 Å². The van der Waals surface area contributed by atoms with Crippen molar-refractivity contribution in [1.29, 1.82) is 0 Å². The zero-order valence-corrected chi connectivity index (χ0v) is 14.8. The van der Waals surface area contributed by atoms with E-state index in [-0.39, 0.29) is 0 Å². The third kappa shape index (κ3) is 3.15. The van der Waals surface area contributed by atoms with Crippen molar-refractivity contribution in [2.75, 3.05) is 18.0 Å². The van der Waals surface area contributed by atoms with E-state index >= 15 is 0 Å². The van der Waals surface area contributed by atoms with E-state index in [4.69, 9.17) is 4.98 Å². The minimum Gasteiger partial charge on any atom is -0.367 e. The number of aryl methyl sites for hydroxylation is 3. The molecule has 1 fully saturated rings. The Kier molecular flexibility index (Phi) is 4.11. The fourth-order valence-electron chi connectivity index (χ4n) is 3.90. The van der Waals surface area contributed by atoms with Crippen molar-refractivity contribution in [3.8, 4) is 0 Å². The second-order valence-corrected chi connectivity index (χ2v) is 8.05. The Morgan fingerprint density at radius 3 is 3.04 bits per heavy atom. The van der Waals surface area contributed by atoms with Crippen molar-refractivity contribution >= 4 is 17.0 Å². The topological polar surface area (TPSA) is 46.0 Å². The molecule has 1 aliphatic carbocycles. The lowest BCUT2D eigenvalue weighted by Gasteiger charge is -2.36. The van der Waals surface area contributed by atoms with Gasteiger partial charge in [0.1, 0.15) is 0 Å². The van der Waals surface area contributed by atoms with Gasteiger partial charge in [-0.3, -0.25) is 4.68 Å². The lowest BCUT2D eigenvalue weighted by atomic mass is 9.96. The molecule has 1 aliphatic heterocycles. The monoisotopic (exact) mass is 331 g/mol. The van der Waals surface area contributed by atoms with Gasteiger partial charge in [-0.05, 0) is 39.0 Å². The number of rotatable bonds is 3. The first-order valence-electron chi connectivity index (χ1n) is 8.65. The SMILES string of the molecule is Cc1nc2c(s1)[C@H](N[C@@H]1CCCN(c3cnn(C)c3)C1)CCC2. The van der Waals surface area contributed by atoms with Crippen LogP contribution in [0.25, 0.3) is 0 Å². The predicted octanol–water partition coefficient (Wildman–Crippen LogP) is 2.82. The van der Waals surface area contributed by atoms with Gasteiger partial charge in [0.15, 0.2) is 0 Å². The molecular weight excluding hydrogens is 306 g/mol. The standard InChI is InChI=1S/C17H25N5S/c1-12-19-15-6-3-7-16(17(15)23-12)20-13-5-4-8-22(10-13)14-9-18-21(2)11-14/h9,11,13,16,20H,3-8,10H2,1-2H3/t13-,16-/m1/s1. The van der Waals surface area contributed by atoms with Gasteiger partial charge in [-0.15, -0.1) is 11.3 Å². The lowest BCUT2D eigenvalue weighted by Crippen LogP contribution is -2.47. The van der Waals surface area contributed by atoms with Gasteiger partial charge in [0.2, 0.25) is 0 Å². The van der Waals surface area contributed by atoms with Crippen LogP contribution in [-0.4, -0.2) is 33.9 Å². The van der Waals surface area contributed by atoms with Crippen LogP contribution in [0, 0.1) is 6.92 Å². The molecule has 1 N–H and O–H groups in total. The first kappa shape index (κ1) is 15.1. The van der Waals surface area contributed by atoms with Gasteiger partial charge < -0.3 is 10.2 Å². The highest BCUT2D eigenvalue weighted by Crippen LogP contribution is 2.35. The van der Waals surface area contributed by atoms with E-state index in [9.17, 15) is 0 Å². The van der Waals surface area contributed by atoms with Crippen molar-refractivity contribution in [1.82, 2.24) is 20.1 Å². The van der Waals surface area contributed by atoms with Crippen LogP contribution >= 0.6 is 11.3 Å². The molecule has 2 atom stereocenters. The highest BCUT2D eigenvalue weighted by Gasteiger charge is 2.28. The number of hydrogen-bond donors (Lipinski definition) is 1. The predicted molar refractivity (Wildman–Crippen MR) is 94.1 cm³/mol. The molecule has 0 amide bonds. The van der Waals surface area contributed by atoms with Crippen LogP contribution in [0.5, 0.6) is 0 Å². The molecule has 23 heavy (non-hydrogen) atoms. The van der Waals surface area contributed by atoms with Crippen LogP contribution in [0.15, 0.2) is 12.4 Å².